The number of rotatable bonds is 6. The van der Waals surface area contributed by atoms with Crippen molar-refractivity contribution >= 4 is 13.5 Å². The van der Waals surface area contributed by atoms with Crippen LogP contribution in [-0.2, 0) is 18.4 Å². The fourth-order valence-corrected chi connectivity index (χ4v) is 3.33. The summed E-state index contributed by atoms with van der Waals surface area (Å²) in [6.45, 7) is 5.60. The van der Waals surface area contributed by atoms with Gasteiger partial charge in [0.2, 0.25) is 5.91 Å². The average molecular weight is 249 g/mol. The van der Waals surface area contributed by atoms with Gasteiger partial charge in [0.1, 0.15) is 6.16 Å². The quantitative estimate of drug-likeness (QED) is 0.674. The number of hydrogen-bond donors (Lipinski definition) is 0. The molecule has 0 N–H and O–H groups in total. The Balaban J connectivity index is 2.53. The van der Waals surface area contributed by atoms with Crippen molar-refractivity contribution < 1.29 is 18.4 Å². The van der Waals surface area contributed by atoms with E-state index in [1.165, 1.54) is 0 Å². The molecule has 0 spiro atoms. The number of carbonyl (C=O) groups is 1. The Morgan fingerprint density at radius 3 is 2.12 bits per heavy atom. The van der Waals surface area contributed by atoms with Crippen LogP contribution in [0.25, 0.3) is 0 Å². The zero-order valence-electron chi connectivity index (χ0n) is 9.98. The van der Waals surface area contributed by atoms with E-state index in [-0.39, 0.29) is 12.1 Å². The molecule has 0 aliphatic carbocycles. The van der Waals surface area contributed by atoms with Crippen LogP contribution in [-0.4, -0.2) is 43.3 Å². The Bertz CT molecular complexity index is 266. The van der Waals surface area contributed by atoms with Crippen molar-refractivity contribution in [1.29, 1.82) is 0 Å². The van der Waals surface area contributed by atoms with Crippen LogP contribution in [0, 0.1) is 0 Å². The second-order valence-electron chi connectivity index (χ2n) is 3.69. The SMILES string of the molecule is CCOP(=O)(CC(=O)N1CCCC1)OCC. The Kier molecular flexibility index (Phi) is 5.46. The first kappa shape index (κ1) is 13.7. The highest BCUT2D eigenvalue weighted by Gasteiger charge is 2.31. The summed E-state index contributed by atoms with van der Waals surface area (Å²) in [6, 6.07) is 0. The first-order chi connectivity index (χ1) is 7.61. The predicted octanol–water partition coefficient (Wildman–Crippen LogP) is 1.87. The number of carbonyl (C=O) groups excluding carboxylic acids is 1. The molecule has 0 radical (unpaired) electrons. The summed E-state index contributed by atoms with van der Waals surface area (Å²) in [7, 11) is -3.22. The normalized spacial score (nSPS) is 16.8. The van der Waals surface area contributed by atoms with Crippen molar-refractivity contribution in [3.63, 3.8) is 0 Å². The van der Waals surface area contributed by atoms with Gasteiger partial charge in [-0.1, -0.05) is 0 Å². The van der Waals surface area contributed by atoms with Crippen molar-refractivity contribution in [2.24, 2.45) is 0 Å². The minimum atomic E-state index is -3.22. The third-order valence-corrected chi connectivity index (χ3v) is 4.40. The minimum absolute atomic E-state index is 0.122. The number of amides is 1. The molecule has 0 aromatic heterocycles. The monoisotopic (exact) mass is 249 g/mol. The fraction of sp³-hybridized carbons (Fsp3) is 0.900. The highest BCUT2D eigenvalue weighted by Crippen LogP contribution is 2.48. The Morgan fingerprint density at radius 1 is 1.19 bits per heavy atom. The molecule has 1 rings (SSSR count). The van der Waals surface area contributed by atoms with E-state index < -0.39 is 7.60 Å². The molecule has 0 atom stereocenters. The molecule has 1 amide bonds. The molecule has 0 aromatic carbocycles. The number of hydrogen-bond acceptors (Lipinski definition) is 4. The number of nitrogens with zero attached hydrogens (tertiary/aromatic N) is 1. The van der Waals surface area contributed by atoms with Gasteiger partial charge in [0.15, 0.2) is 0 Å². The summed E-state index contributed by atoms with van der Waals surface area (Å²) in [5.74, 6) is -0.122. The summed E-state index contributed by atoms with van der Waals surface area (Å²) in [5, 5.41) is 0. The largest absolute Gasteiger partial charge is 0.342 e. The van der Waals surface area contributed by atoms with Crippen molar-refractivity contribution in [2.75, 3.05) is 32.5 Å². The summed E-state index contributed by atoms with van der Waals surface area (Å²) in [6.07, 6.45) is 1.92. The van der Waals surface area contributed by atoms with Gasteiger partial charge in [-0.25, -0.2) is 0 Å². The van der Waals surface area contributed by atoms with Crippen LogP contribution in [0.1, 0.15) is 26.7 Å². The molecule has 6 heteroatoms. The standard InChI is InChI=1S/C10H20NO4P/c1-3-14-16(13,15-4-2)9-10(12)11-7-5-6-8-11/h3-9H2,1-2H3. The molecule has 1 aliphatic rings. The summed E-state index contributed by atoms with van der Waals surface area (Å²) < 4.78 is 22.3. The maximum absolute atomic E-state index is 12.1. The second kappa shape index (κ2) is 6.38. The van der Waals surface area contributed by atoms with E-state index in [1.54, 1.807) is 18.7 Å². The van der Waals surface area contributed by atoms with Gasteiger partial charge in [-0.15, -0.1) is 0 Å². The highest BCUT2D eigenvalue weighted by molar-refractivity contribution is 7.54. The highest BCUT2D eigenvalue weighted by atomic mass is 31.2. The van der Waals surface area contributed by atoms with Crippen LogP contribution in [0.4, 0.5) is 0 Å². The molecule has 5 nitrogen and oxygen atoms in total. The van der Waals surface area contributed by atoms with E-state index in [4.69, 9.17) is 9.05 Å². The molecular weight excluding hydrogens is 229 g/mol. The maximum Gasteiger partial charge on any atom is 0.340 e. The predicted molar refractivity (Wildman–Crippen MR) is 61.5 cm³/mol. The van der Waals surface area contributed by atoms with Crippen molar-refractivity contribution in [2.45, 2.75) is 26.7 Å². The topological polar surface area (TPSA) is 55.8 Å². The molecule has 0 aromatic rings. The smallest absolute Gasteiger partial charge is 0.340 e. The van der Waals surface area contributed by atoms with Gasteiger partial charge in [-0.3, -0.25) is 9.36 Å². The van der Waals surface area contributed by atoms with Crippen LogP contribution in [0.5, 0.6) is 0 Å². The van der Waals surface area contributed by atoms with E-state index >= 15 is 0 Å². The van der Waals surface area contributed by atoms with Crippen LogP contribution in [0.2, 0.25) is 0 Å². The Labute approximate surface area is 96.6 Å². The molecule has 0 unspecified atom stereocenters. The molecule has 0 bridgehead atoms. The van der Waals surface area contributed by atoms with Gasteiger partial charge in [0.05, 0.1) is 13.2 Å². The summed E-state index contributed by atoms with van der Waals surface area (Å²) in [5.41, 5.74) is 0. The molecule has 1 fully saturated rings. The van der Waals surface area contributed by atoms with Gasteiger partial charge in [0.25, 0.3) is 0 Å². The van der Waals surface area contributed by atoms with Crippen molar-refractivity contribution in [3.05, 3.63) is 0 Å². The van der Waals surface area contributed by atoms with Gasteiger partial charge >= 0.3 is 7.60 Å². The number of likely N-dealkylation sites (tertiary alicyclic amines) is 1. The molecule has 16 heavy (non-hydrogen) atoms. The molecule has 1 heterocycles. The Hall–Kier alpha value is -0.380. The molecule has 1 aliphatic heterocycles. The summed E-state index contributed by atoms with van der Waals surface area (Å²) in [4.78, 5) is 13.5. The lowest BCUT2D eigenvalue weighted by Crippen LogP contribution is -2.30. The van der Waals surface area contributed by atoms with Gasteiger partial charge in [0, 0.05) is 13.1 Å². The lowest BCUT2D eigenvalue weighted by molar-refractivity contribution is -0.127. The minimum Gasteiger partial charge on any atom is -0.342 e. The van der Waals surface area contributed by atoms with E-state index in [1.807, 2.05) is 0 Å². The van der Waals surface area contributed by atoms with E-state index in [2.05, 4.69) is 0 Å². The second-order valence-corrected chi connectivity index (χ2v) is 5.75. The third-order valence-electron chi connectivity index (χ3n) is 2.44. The molecule has 94 valence electrons. The zero-order valence-corrected chi connectivity index (χ0v) is 10.9. The fourth-order valence-electron chi connectivity index (χ4n) is 1.75. The summed E-state index contributed by atoms with van der Waals surface area (Å²) >= 11 is 0. The molecule has 0 saturated carbocycles. The Morgan fingerprint density at radius 2 is 1.69 bits per heavy atom. The van der Waals surface area contributed by atoms with Crippen molar-refractivity contribution in [3.8, 4) is 0 Å². The lowest BCUT2D eigenvalue weighted by atomic mass is 10.4. The van der Waals surface area contributed by atoms with E-state index in [0.29, 0.717) is 13.2 Å². The van der Waals surface area contributed by atoms with E-state index in [9.17, 15) is 9.36 Å². The average Bonchev–Trinajstić information content (AvgIpc) is 2.70. The molecular formula is C10H20NO4P. The van der Waals surface area contributed by atoms with Gasteiger partial charge < -0.3 is 13.9 Å². The van der Waals surface area contributed by atoms with Crippen LogP contribution in [0.3, 0.4) is 0 Å². The lowest BCUT2D eigenvalue weighted by Gasteiger charge is -2.20. The van der Waals surface area contributed by atoms with Crippen LogP contribution >= 0.6 is 7.60 Å². The first-order valence-corrected chi connectivity index (χ1v) is 7.50. The first-order valence-electron chi connectivity index (χ1n) is 5.77. The zero-order chi connectivity index (χ0) is 12.0. The maximum atomic E-state index is 12.1. The molecule has 1 saturated heterocycles. The van der Waals surface area contributed by atoms with Gasteiger partial charge in [-0.2, -0.15) is 0 Å². The van der Waals surface area contributed by atoms with Crippen molar-refractivity contribution in [1.82, 2.24) is 4.90 Å². The van der Waals surface area contributed by atoms with Crippen LogP contribution in [0.15, 0.2) is 0 Å². The van der Waals surface area contributed by atoms with E-state index in [0.717, 1.165) is 25.9 Å². The van der Waals surface area contributed by atoms with Gasteiger partial charge in [-0.05, 0) is 26.7 Å². The third kappa shape index (κ3) is 3.89. The van der Waals surface area contributed by atoms with Crippen LogP contribution < -0.4 is 0 Å².